The van der Waals surface area contributed by atoms with Gasteiger partial charge in [0.15, 0.2) is 6.61 Å². The smallest absolute Gasteiger partial charge is 0.257 e. The van der Waals surface area contributed by atoms with Crippen LogP contribution in [0.2, 0.25) is 0 Å². The number of rotatable bonds is 9. The molecule has 0 fully saturated rings. The molecule has 4 nitrogen and oxygen atoms in total. The van der Waals surface area contributed by atoms with E-state index in [1.54, 1.807) is 18.0 Å². The van der Waals surface area contributed by atoms with Crippen LogP contribution in [0.25, 0.3) is 0 Å². The molecule has 0 unspecified atom stereocenters. The predicted molar refractivity (Wildman–Crippen MR) is 93.9 cm³/mol. The first-order chi connectivity index (χ1) is 11.2. The van der Waals surface area contributed by atoms with Crippen LogP contribution in [0.1, 0.15) is 31.1 Å². The summed E-state index contributed by atoms with van der Waals surface area (Å²) in [7, 11) is 0. The molecule has 0 bridgehead atoms. The third-order valence-electron chi connectivity index (χ3n) is 3.29. The highest BCUT2D eigenvalue weighted by atomic mass is 32.2. The number of para-hydroxylation sites is 1. The van der Waals surface area contributed by atoms with Crippen LogP contribution < -0.4 is 10.1 Å². The van der Waals surface area contributed by atoms with E-state index in [4.69, 9.17) is 9.15 Å². The number of hydrogen-bond donors (Lipinski definition) is 1. The summed E-state index contributed by atoms with van der Waals surface area (Å²) >= 11 is 1.72. The molecular formula is C18H23NO3S. The fraction of sp³-hybridized carbons (Fsp3) is 0.389. The molecule has 23 heavy (non-hydrogen) atoms. The summed E-state index contributed by atoms with van der Waals surface area (Å²) in [5, 5.41) is 2.87. The van der Waals surface area contributed by atoms with Gasteiger partial charge in [0, 0.05) is 12.3 Å². The first kappa shape index (κ1) is 17.5. The van der Waals surface area contributed by atoms with Crippen LogP contribution in [-0.4, -0.2) is 24.8 Å². The molecule has 5 heteroatoms. The van der Waals surface area contributed by atoms with Gasteiger partial charge in [-0.1, -0.05) is 32.0 Å². The van der Waals surface area contributed by atoms with E-state index in [0.29, 0.717) is 12.5 Å². The van der Waals surface area contributed by atoms with Crippen molar-refractivity contribution in [2.24, 2.45) is 0 Å². The van der Waals surface area contributed by atoms with Crippen molar-refractivity contribution in [2.75, 3.05) is 18.9 Å². The van der Waals surface area contributed by atoms with E-state index in [2.05, 4.69) is 19.2 Å². The highest BCUT2D eigenvalue weighted by Gasteiger charge is 2.08. The van der Waals surface area contributed by atoms with Crippen molar-refractivity contribution in [2.45, 2.75) is 25.5 Å². The quantitative estimate of drug-likeness (QED) is 0.709. The van der Waals surface area contributed by atoms with Crippen LogP contribution in [0.5, 0.6) is 5.75 Å². The van der Waals surface area contributed by atoms with Crippen LogP contribution in [0.4, 0.5) is 0 Å². The first-order valence-corrected chi connectivity index (χ1v) is 8.91. The second kappa shape index (κ2) is 9.30. The van der Waals surface area contributed by atoms with Gasteiger partial charge in [-0.25, -0.2) is 0 Å². The van der Waals surface area contributed by atoms with Gasteiger partial charge in [-0.2, -0.15) is 11.8 Å². The maximum Gasteiger partial charge on any atom is 0.257 e. The van der Waals surface area contributed by atoms with Gasteiger partial charge in [0.2, 0.25) is 0 Å². The van der Waals surface area contributed by atoms with E-state index < -0.39 is 0 Å². The van der Waals surface area contributed by atoms with Crippen LogP contribution in [0.3, 0.4) is 0 Å². The van der Waals surface area contributed by atoms with Crippen LogP contribution in [-0.2, 0) is 10.5 Å². The third kappa shape index (κ3) is 6.02. The normalized spacial score (nSPS) is 10.7. The van der Waals surface area contributed by atoms with Crippen molar-refractivity contribution >= 4 is 17.7 Å². The van der Waals surface area contributed by atoms with E-state index in [9.17, 15) is 4.79 Å². The molecule has 0 saturated heterocycles. The molecule has 1 amide bonds. The van der Waals surface area contributed by atoms with E-state index in [0.717, 1.165) is 28.6 Å². The molecule has 124 valence electrons. The van der Waals surface area contributed by atoms with E-state index >= 15 is 0 Å². The zero-order valence-corrected chi connectivity index (χ0v) is 14.4. The van der Waals surface area contributed by atoms with Gasteiger partial charge in [-0.15, -0.1) is 0 Å². The Morgan fingerprint density at radius 1 is 1.26 bits per heavy atom. The van der Waals surface area contributed by atoms with Gasteiger partial charge in [-0.05, 0) is 29.7 Å². The SMILES string of the molecule is CC(C)c1ccccc1OCC(=O)NCCSCc1ccco1. The number of amides is 1. The molecule has 1 aromatic carbocycles. The summed E-state index contributed by atoms with van der Waals surface area (Å²) < 4.78 is 10.9. The molecule has 0 spiro atoms. The molecule has 2 aromatic rings. The van der Waals surface area contributed by atoms with Gasteiger partial charge in [0.25, 0.3) is 5.91 Å². The Balaban J connectivity index is 1.63. The third-order valence-corrected chi connectivity index (χ3v) is 4.27. The maximum atomic E-state index is 11.8. The molecule has 0 aliphatic rings. The number of benzene rings is 1. The number of nitrogens with one attached hydrogen (secondary N) is 1. The minimum absolute atomic E-state index is 0.0482. The van der Waals surface area contributed by atoms with E-state index in [-0.39, 0.29) is 12.5 Å². The molecule has 0 radical (unpaired) electrons. The molecule has 1 N–H and O–H groups in total. The second-order valence-electron chi connectivity index (χ2n) is 5.46. The number of hydrogen-bond acceptors (Lipinski definition) is 4. The Morgan fingerprint density at radius 3 is 2.83 bits per heavy atom. The summed E-state index contributed by atoms with van der Waals surface area (Å²) in [5.74, 6) is 3.67. The van der Waals surface area contributed by atoms with Crippen molar-refractivity contribution < 1.29 is 13.9 Å². The standard InChI is InChI=1S/C18H23NO3S/c1-14(2)16-7-3-4-8-17(16)22-12-18(20)19-9-11-23-13-15-6-5-10-21-15/h3-8,10,14H,9,11-13H2,1-2H3,(H,19,20). The fourth-order valence-corrected chi connectivity index (χ4v) is 2.87. The summed E-state index contributed by atoms with van der Waals surface area (Å²) in [6, 6.07) is 11.7. The summed E-state index contributed by atoms with van der Waals surface area (Å²) in [5.41, 5.74) is 1.12. The second-order valence-corrected chi connectivity index (χ2v) is 6.57. The number of thioether (sulfide) groups is 1. The highest BCUT2D eigenvalue weighted by Crippen LogP contribution is 2.25. The van der Waals surface area contributed by atoms with E-state index in [1.807, 2.05) is 36.4 Å². The monoisotopic (exact) mass is 333 g/mol. The zero-order valence-electron chi connectivity index (χ0n) is 13.6. The lowest BCUT2D eigenvalue weighted by Crippen LogP contribution is -2.30. The number of carbonyl (C=O) groups excluding carboxylic acids is 1. The molecule has 0 aliphatic carbocycles. The number of furan rings is 1. The van der Waals surface area contributed by atoms with Crippen molar-refractivity contribution in [1.29, 1.82) is 0 Å². The molecule has 0 aliphatic heterocycles. The van der Waals surface area contributed by atoms with Crippen molar-refractivity contribution in [3.05, 3.63) is 54.0 Å². The lowest BCUT2D eigenvalue weighted by Gasteiger charge is -2.13. The molecule has 0 atom stereocenters. The fourth-order valence-electron chi connectivity index (χ4n) is 2.11. The average Bonchev–Trinajstić information content (AvgIpc) is 3.06. The highest BCUT2D eigenvalue weighted by molar-refractivity contribution is 7.98. The van der Waals surface area contributed by atoms with Crippen LogP contribution in [0, 0.1) is 0 Å². The lowest BCUT2D eigenvalue weighted by atomic mass is 10.0. The van der Waals surface area contributed by atoms with Crippen molar-refractivity contribution in [1.82, 2.24) is 5.32 Å². The summed E-state index contributed by atoms with van der Waals surface area (Å²) in [6.07, 6.45) is 1.67. The predicted octanol–water partition coefficient (Wildman–Crippen LogP) is 3.83. The zero-order chi connectivity index (χ0) is 16.5. The summed E-state index contributed by atoms with van der Waals surface area (Å²) in [4.78, 5) is 11.8. The Bertz CT molecular complexity index is 596. The maximum absolute atomic E-state index is 11.8. The molecule has 1 aromatic heterocycles. The summed E-state index contributed by atoms with van der Waals surface area (Å²) in [6.45, 7) is 4.89. The van der Waals surface area contributed by atoms with Crippen LogP contribution >= 0.6 is 11.8 Å². The lowest BCUT2D eigenvalue weighted by molar-refractivity contribution is -0.122. The Kier molecular flexibility index (Phi) is 7.07. The Hall–Kier alpha value is -1.88. The minimum atomic E-state index is -0.0952. The topological polar surface area (TPSA) is 51.5 Å². The van der Waals surface area contributed by atoms with Gasteiger partial charge in [-0.3, -0.25) is 4.79 Å². The first-order valence-electron chi connectivity index (χ1n) is 7.75. The average molecular weight is 333 g/mol. The van der Waals surface area contributed by atoms with Gasteiger partial charge >= 0.3 is 0 Å². The van der Waals surface area contributed by atoms with Gasteiger partial charge in [0.05, 0.1) is 12.0 Å². The molecule has 1 heterocycles. The molecular weight excluding hydrogens is 310 g/mol. The van der Waals surface area contributed by atoms with Crippen molar-refractivity contribution in [3.8, 4) is 5.75 Å². The van der Waals surface area contributed by atoms with Crippen molar-refractivity contribution in [3.63, 3.8) is 0 Å². The number of carbonyl (C=O) groups is 1. The number of ether oxygens (including phenoxy) is 1. The Morgan fingerprint density at radius 2 is 2.09 bits per heavy atom. The van der Waals surface area contributed by atoms with Crippen LogP contribution in [0.15, 0.2) is 47.1 Å². The molecule has 0 saturated carbocycles. The minimum Gasteiger partial charge on any atom is -0.483 e. The van der Waals surface area contributed by atoms with E-state index in [1.165, 1.54) is 0 Å². The van der Waals surface area contributed by atoms with Gasteiger partial charge < -0.3 is 14.5 Å². The largest absolute Gasteiger partial charge is 0.483 e. The Labute approximate surface area is 141 Å². The van der Waals surface area contributed by atoms with Gasteiger partial charge in [0.1, 0.15) is 11.5 Å². The molecule has 2 rings (SSSR count).